The van der Waals surface area contributed by atoms with Crippen molar-refractivity contribution in [2.75, 3.05) is 7.11 Å². The number of thiazole rings is 1. The van der Waals surface area contributed by atoms with Crippen molar-refractivity contribution in [2.45, 2.75) is 0 Å². The molecule has 0 saturated carbocycles. The molecule has 7 nitrogen and oxygen atoms in total. The first-order valence-corrected chi connectivity index (χ1v) is 10.6. The van der Waals surface area contributed by atoms with Crippen LogP contribution in [-0.2, 0) is 9.59 Å². The number of ether oxygens (including phenoxy) is 1. The van der Waals surface area contributed by atoms with E-state index in [1.807, 2.05) is 0 Å². The van der Waals surface area contributed by atoms with Crippen LogP contribution in [0.1, 0.15) is 11.3 Å². The molecule has 0 aliphatic heterocycles. The smallest absolute Gasteiger partial charge is 0.215 e. The monoisotopic (exact) mass is 465 g/mol. The molecule has 0 saturated heterocycles. The molecule has 0 fully saturated rings. The van der Waals surface area contributed by atoms with Gasteiger partial charge in [0, 0.05) is 16.1 Å². The predicted octanol–water partition coefficient (Wildman–Crippen LogP) is 3.93. The lowest BCUT2D eigenvalue weighted by Crippen LogP contribution is -2.18. The Kier molecular flexibility index (Phi) is 6.16. The van der Waals surface area contributed by atoms with Crippen molar-refractivity contribution in [1.82, 2.24) is 4.57 Å². The second-order valence-corrected chi connectivity index (χ2v) is 7.92. The van der Waals surface area contributed by atoms with E-state index in [2.05, 4.69) is 10.2 Å². The Morgan fingerprint density at radius 1 is 1.12 bits per heavy atom. The Morgan fingerprint density at radius 2 is 1.91 bits per heavy atom. The average Bonchev–Trinajstić information content (AvgIpc) is 3.20. The number of nitrogens with zero attached hydrogens (tertiary/aromatic N) is 3. The molecule has 1 aliphatic carbocycles. The lowest BCUT2D eigenvalue weighted by atomic mass is 10.0. The third-order valence-electron chi connectivity index (χ3n) is 4.57. The maximum absolute atomic E-state index is 12.4. The van der Waals surface area contributed by atoms with E-state index in [0.717, 1.165) is 0 Å². The minimum Gasteiger partial charge on any atom is -0.504 e. The minimum atomic E-state index is -0.270. The van der Waals surface area contributed by atoms with Crippen LogP contribution in [0.3, 0.4) is 0 Å². The number of aromatic hydroxyl groups is 1. The van der Waals surface area contributed by atoms with Gasteiger partial charge in [0.15, 0.2) is 23.1 Å². The number of carbonyl (C=O) groups is 2. The van der Waals surface area contributed by atoms with E-state index >= 15 is 0 Å². The van der Waals surface area contributed by atoms with E-state index in [9.17, 15) is 14.7 Å². The Balaban J connectivity index is 1.79. The summed E-state index contributed by atoms with van der Waals surface area (Å²) in [5.41, 5.74) is 2.13. The quantitative estimate of drug-likeness (QED) is 0.351. The van der Waals surface area contributed by atoms with Crippen LogP contribution in [0.2, 0.25) is 5.02 Å². The topological polar surface area (TPSA) is 93.3 Å². The molecule has 2 aromatic carbocycles. The highest BCUT2D eigenvalue weighted by atomic mass is 35.5. The largest absolute Gasteiger partial charge is 0.504 e. The summed E-state index contributed by atoms with van der Waals surface area (Å²) in [5.74, 6) is -0.179. The van der Waals surface area contributed by atoms with Crippen LogP contribution in [0, 0.1) is 0 Å². The average molecular weight is 466 g/mol. The van der Waals surface area contributed by atoms with E-state index in [0.29, 0.717) is 32.5 Å². The first-order valence-electron chi connectivity index (χ1n) is 9.35. The number of phenols is 1. The molecule has 0 amide bonds. The van der Waals surface area contributed by atoms with Crippen molar-refractivity contribution < 1.29 is 19.4 Å². The van der Waals surface area contributed by atoms with E-state index in [1.165, 1.54) is 49.0 Å². The highest BCUT2D eigenvalue weighted by Crippen LogP contribution is 2.26. The fraction of sp³-hybridized carbons (Fsp3) is 0.0435. The zero-order valence-electron chi connectivity index (χ0n) is 16.7. The summed E-state index contributed by atoms with van der Waals surface area (Å²) < 4.78 is 6.77. The van der Waals surface area contributed by atoms with Gasteiger partial charge in [0.1, 0.15) is 0 Å². The van der Waals surface area contributed by atoms with Crippen molar-refractivity contribution in [2.24, 2.45) is 10.2 Å². The Labute approximate surface area is 191 Å². The van der Waals surface area contributed by atoms with Crippen LogP contribution < -0.4 is 9.54 Å². The summed E-state index contributed by atoms with van der Waals surface area (Å²) >= 11 is 7.30. The number of ketones is 2. The second kappa shape index (κ2) is 9.17. The van der Waals surface area contributed by atoms with Gasteiger partial charge < -0.3 is 9.84 Å². The lowest BCUT2D eigenvalue weighted by molar-refractivity contribution is -0.113. The number of hydrogen-bond acceptors (Lipinski definition) is 7. The van der Waals surface area contributed by atoms with E-state index in [-0.39, 0.29) is 22.9 Å². The highest BCUT2D eigenvalue weighted by Gasteiger charge is 2.20. The molecule has 0 radical (unpaired) electrons. The molecule has 1 heterocycles. The van der Waals surface area contributed by atoms with Gasteiger partial charge in [-0.15, -0.1) is 16.4 Å². The Hall–Kier alpha value is -3.75. The number of benzene rings is 2. The summed E-state index contributed by atoms with van der Waals surface area (Å²) in [6.07, 6.45) is 5.30. The Bertz CT molecular complexity index is 1360. The van der Waals surface area contributed by atoms with Crippen LogP contribution in [-0.4, -0.2) is 34.6 Å². The zero-order chi connectivity index (χ0) is 22.7. The summed E-state index contributed by atoms with van der Waals surface area (Å²) in [4.78, 5) is 24.8. The Morgan fingerprint density at radius 3 is 2.62 bits per heavy atom. The van der Waals surface area contributed by atoms with Crippen LogP contribution in [0.4, 0.5) is 0 Å². The number of rotatable bonds is 5. The number of carbonyl (C=O) groups excluding carboxylic acids is 2. The van der Waals surface area contributed by atoms with E-state index in [1.54, 1.807) is 46.3 Å². The van der Waals surface area contributed by atoms with Crippen LogP contribution >= 0.6 is 22.9 Å². The number of allylic oxidation sites excluding steroid dienone is 4. The first-order chi connectivity index (χ1) is 15.5. The normalized spacial score (nSPS) is 14.3. The molecule has 0 spiro atoms. The number of hydrogen-bond donors (Lipinski definition) is 1. The molecule has 1 aromatic heterocycles. The second-order valence-electron chi connectivity index (χ2n) is 6.65. The molecule has 0 unspecified atom stereocenters. The van der Waals surface area contributed by atoms with Gasteiger partial charge in [-0.3, -0.25) is 14.2 Å². The maximum Gasteiger partial charge on any atom is 0.215 e. The van der Waals surface area contributed by atoms with E-state index < -0.39 is 0 Å². The summed E-state index contributed by atoms with van der Waals surface area (Å²) in [5, 5.41) is 20.7. The molecule has 9 heteroatoms. The lowest BCUT2D eigenvalue weighted by Gasteiger charge is -2.11. The van der Waals surface area contributed by atoms with Crippen molar-refractivity contribution in [1.29, 1.82) is 0 Å². The number of methoxy groups -OCH3 is 1. The molecule has 3 aromatic rings. The van der Waals surface area contributed by atoms with Gasteiger partial charge in [0.25, 0.3) is 0 Å². The maximum atomic E-state index is 12.4. The third kappa shape index (κ3) is 4.46. The highest BCUT2D eigenvalue weighted by molar-refractivity contribution is 7.07. The van der Waals surface area contributed by atoms with Crippen LogP contribution in [0.25, 0.3) is 11.3 Å². The predicted molar refractivity (Wildman–Crippen MR) is 124 cm³/mol. The summed E-state index contributed by atoms with van der Waals surface area (Å²) in [6, 6.07) is 11.9. The molecule has 0 atom stereocenters. The minimum absolute atomic E-state index is 0.00782. The van der Waals surface area contributed by atoms with E-state index in [4.69, 9.17) is 16.3 Å². The van der Waals surface area contributed by atoms with Gasteiger partial charge in [0.2, 0.25) is 4.80 Å². The molecule has 1 N–H and O–H groups in total. The number of aromatic nitrogens is 1. The molecule has 160 valence electrons. The fourth-order valence-corrected chi connectivity index (χ4v) is 4.03. The van der Waals surface area contributed by atoms with Gasteiger partial charge in [-0.05, 0) is 66.3 Å². The first kappa shape index (κ1) is 21.5. The van der Waals surface area contributed by atoms with Crippen molar-refractivity contribution >= 4 is 46.3 Å². The molecular weight excluding hydrogens is 450 g/mol. The molecule has 32 heavy (non-hydrogen) atoms. The van der Waals surface area contributed by atoms with Crippen molar-refractivity contribution in [3.05, 3.63) is 87.2 Å². The standard InChI is InChI=1S/C23H16ClN3O4S/c1-31-22-9-2-14(10-21(22)30)12-25-26-23-27(16-5-3-15(24)4-6-16)19(13-32-23)18-11-17(28)7-8-20(18)29/h2-13,30H,1H3/b25-12+,26-23-. The van der Waals surface area contributed by atoms with Crippen LogP contribution in [0.15, 0.2) is 76.3 Å². The number of halogens is 1. The van der Waals surface area contributed by atoms with Gasteiger partial charge in [-0.2, -0.15) is 5.10 Å². The van der Waals surface area contributed by atoms with Gasteiger partial charge in [-0.25, -0.2) is 0 Å². The van der Waals surface area contributed by atoms with Crippen LogP contribution in [0.5, 0.6) is 11.5 Å². The fourth-order valence-electron chi connectivity index (χ4n) is 3.05. The van der Waals surface area contributed by atoms with Gasteiger partial charge in [0.05, 0.1) is 24.6 Å². The molecule has 0 bridgehead atoms. The molecular formula is C23H16ClN3O4S. The molecule has 1 aliphatic rings. The van der Waals surface area contributed by atoms with Gasteiger partial charge >= 0.3 is 0 Å². The van der Waals surface area contributed by atoms with Gasteiger partial charge in [-0.1, -0.05) is 11.6 Å². The summed E-state index contributed by atoms with van der Waals surface area (Å²) in [7, 11) is 1.47. The molecule has 4 rings (SSSR count). The van der Waals surface area contributed by atoms with Crippen molar-refractivity contribution in [3.8, 4) is 17.2 Å². The number of phenolic OH excluding ortho intramolecular Hbond substituents is 1. The van der Waals surface area contributed by atoms with Crippen molar-refractivity contribution in [3.63, 3.8) is 0 Å². The SMILES string of the molecule is COc1ccc(/C=N/N=c2\scc(C3=CC(=O)C=CC3=O)n2-c2ccc(Cl)cc2)cc1O. The summed E-state index contributed by atoms with van der Waals surface area (Å²) in [6.45, 7) is 0. The zero-order valence-corrected chi connectivity index (χ0v) is 18.3. The third-order valence-corrected chi connectivity index (χ3v) is 5.64.